The quantitative estimate of drug-likeness (QED) is 0.783. The maximum Gasteiger partial charge on any atom is 0.258 e. The van der Waals surface area contributed by atoms with Crippen molar-refractivity contribution < 1.29 is 9.63 Å². The highest BCUT2D eigenvalue weighted by Crippen LogP contribution is 2.25. The molecule has 5 heteroatoms. The van der Waals surface area contributed by atoms with Gasteiger partial charge >= 0.3 is 0 Å². The van der Waals surface area contributed by atoms with Crippen molar-refractivity contribution >= 4 is 10.9 Å². The summed E-state index contributed by atoms with van der Waals surface area (Å²) in [7, 11) is 0. The third-order valence-corrected chi connectivity index (χ3v) is 3.73. The van der Waals surface area contributed by atoms with Crippen LogP contribution in [-0.4, -0.2) is 20.2 Å². The van der Waals surface area contributed by atoms with Crippen LogP contribution in [0.2, 0.25) is 0 Å². The Labute approximate surface area is 129 Å². The number of hydrogen-bond donors (Lipinski definition) is 1. The molecule has 0 amide bonds. The molecule has 0 unspecified atom stereocenters. The fourth-order valence-electron chi connectivity index (χ4n) is 2.62. The van der Waals surface area contributed by atoms with Crippen LogP contribution in [0.4, 0.5) is 0 Å². The topological polar surface area (TPSA) is 72.0 Å². The van der Waals surface area contributed by atoms with Crippen LogP contribution in [0, 0.1) is 0 Å². The molecule has 0 bridgehead atoms. The molecule has 0 aliphatic heterocycles. The van der Waals surface area contributed by atoms with Crippen molar-refractivity contribution in [3.8, 4) is 0 Å². The number of pyridine rings is 1. The number of benzene rings is 1. The number of hydrogen-bond acceptors (Lipinski definition) is 5. The molecule has 0 saturated carbocycles. The fourth-order valence-corrected chi connectivity index (χ4v) is 2.62. The summed E-state index contributed by atoms with van der Waals surface area (Å²) in [6.45, 7) is 3.71. The average Bonchev–Trinajstić information content (AvgIpc) is 2.97. The van der Waals surface area contributed by atoms with Crippen LogP contribution in [0.25, 0.3) is 10.9 Å². The molecule has 1 atom stereocenters. The third kappa shape index (κ3) is 2.85. The van der Waals surface area contributed by atoms with Crippen LogP contribution in [0.3, 0.4) is 0 Å². The highest BCUT2D eigenvalue weighted by Gasteiger charge is 2.29. The largest absolute Gasteiger partial charge is 0.380 e. The molecule has 114 valence electrons. The summed E-state index contributed by atoms with van der Waals surface area (Å²) >= 11 is 0. The lowest BCUT2D eigenvalue weighted by atomic mass is 10.0. The second-order valence-electron chi connectivity index (χ2n) is 5.71. The maximum absolute atomic E-state index is 10.3. The fraction of sp³-hybridized carbons (Fsp3) is 0.353. The van der Waals surface area contributed by atoms with Crippen molar-refractivity contribution in [1.82, 2.24) is 15.1 Å². The lowest BCUT2D eigenvalue weighted by Crippen LogP contribution is -2.21. The number of para-hydroxylation sites is 1. The standard InChI is InChI=1S/C17H19N3O2/c1-3-9-17(2,21)16-19-14(20-22-16)11-13-7-4-6-12-8-5-10-18-15(12)13/h4-8,10,21H,3,9,11H2,1-2H3/t17-/m1/s1. The van der Waals surface area contributed by atoms with Crippen molar-refractivity contribution in [2.45, 2.75) is 38.7 Å². The van der Waals surface area contributed by atoms with E-state index in [0.29, 0.717) is 18.7 Å². The van der Waals surface area contributed by atoms with Gasteiger partial charge in [-0.15, -0.1) is 0 Å². The van der Waals surface area contributed by atoms with Crippen molar-refractivity contribution in [2.75, 3.05) is 0 Å². The minimum absolute atomic E-state index is 0.276. The summed E-state index contributed by atoms with van der Waals surface area (Å²) < 4.78 is 5.23. The minimum atomic E-state index is -1.07. The Balaban J connectivity index is 1.89. The number of fused-ring (bicyclic) bond motifs is 1. The molecule has 0 radical (unpaired) electrons. The van der Waals surface area contributed by atoms with E-state index >= 15 is 0 Å². The molecule has 1 N–H and O–H groups in total. The van der Waals surface area contributed by atoms with E-state index < -0.39 is 5.60 Å². The first kappa shape index (κ1) is 14.7. The normalized spacial score (nSPS) is 14.1. The highest BCUT2D eigenvalue weighted by atomic mass is 16.5. The van der Waals surface area contributed by atoms with E-state index in [1.165, 1.54) is 0 Å². The van der Waals surface area contributed by atoms with Crippen molar-refractivity contribution in [1.29, 1.82) is 0 Å². The SMILES string of the molecule is CCC[C@@](C)(O)c1nc(Cc2cccc3cccnc23)no1. The molecule has 0 aliphatic carbocycles. The van der Waals surface area contributed by atoms with Crippen LogP contribution in [0.5, 0.6) is 0 Å². The molecule has 0 saturated heterocycles. The zero-order chi connectivity index (χ0) is 15.6. The number of rotatable bonds is 5. The Morgan fingerprint density at radius 1 is 1.23 bits per heavy atom. The Hall–Kier alpha value is -2.27. The first-order valence-corrected chi connectivity index (χ1v) is 7.48. The summed E-state index contributed by atoms with van der Waals surface area (Å²) in [6.07, 6.45) is 3.74. The molecule has 3 aromatic rings. The second-order valence-corrected chi connectivity index (χ2v) is 5.71. The Morgan fingerprint density at radius 2 is 2.05 bits per heavy atom. The van der Waals surface area contributed by atoms with Crippen LogP contribution in [0.15, 0.2) is 41.1 Å². The van der Waals surface area contributed by atoms with Gasteiger partial charge < -0.3 is 9.63 Å². The predicted octanol–water partition coefficient (Wildman–Crippen LogP) is 3.22. The zero-order valence-electron chi connectivity index (χ0n) is 12.8. The maximum atomic E-state index is 10.3. The van der Waals surface area contributed by atoms with Crippen LogP contribution in [-0.2, 0) is 12.0 Å². The molecular weight excluding hydrogens is 278 g/mol. The summed E-state index contributed by atoms with van der Waals surface area (Å²) in [6, 6.07) is 9.97. The summed E-state index contributed by atoms with van der Waals surface area (Å²) in [5.74, 6) is 0.835. The first-order valence-electron chi connectivity index (χ1n) is 7.48. The van der Waals surface area contributed by atoms with Crippen molar-refractivity contribution in [2.24, 2.45) is 0 Å². The number of aliphatic hydroxyl groups is 1. The number of aromatic nitrogens is 3. The van der Waals surface area contributed by atoms with E-state index in [0.717, 1.165) is 22.9 Å². The first-order chi connectivity index (χ1) is 10.6. The van der Waals surface area contributed by atoms with Crippen LogP contribution >= 0.6 is 0 Å². The van der Waals surface area contributed by atoms with Gasteiger partial charge in [-0.05, 0) is 25.0 Å². The van der Waals surface area contributed by atoms with Crippen LogP contribution < -0.4 is 0 Å². The average molecular weight is 297 g/mol. The molecule has 1 aromatic carbocycles. The van der Waals surface area contributed by atoms with Gasteiger partial charge in [0.25, 0.3) is 5.89 Å². The van der Waals surface area contributed by atoms with Crippen molar-refractivity contribution in [3.05, 3.63) is 53.8 Å². The monoisotopic (exact) mass is 297 g/mol. The molecule has 0 fully saturated rings. The van der Waals surface area contributed by atoms with Gasteiger partial charge in [-0.2, -0.15) is 4.98 Å². The Kier molecular flexibility index (Phi) is 3.90. The molecule has 22 heavy (non-hydrogen) atoms. The summed E-state index contributed by atoms with van der Waals surface area (Å²) in [4.78, 5) is 8.77. The van der Waals surface area contributed by atoms with Gasteiger partial charge in [0.15, 0.2) is 5.82 Å². The molecular formula is C17H19N3O2. The van der Waals surface area contributed by atoms with E-state index in [1.54, 1.807) is 13.1 Å². The van der Waals surface area contributed by atoms with E-state index in [4.69, 9.17) is 4.52 Å². The lowest BCUT2D eigenvalue weighted by molar-refractivity contribution is 0.0138. The van der Waals surface area contributed by atoms with Gasteiger partial charge in [0.05, 0.1) is 5.52 Å². The van der Waals surface area contributed by atoms with E-state index in [1.807, 2.05) is 37.3 Å². The van der Waals surface area contributed by atoms with Gasteiger partial charge in [-0.25, -0.2) is 0 Å². The van der Waals surface area contributed by atoms with Gasteiger partial charge in [-0.3, -0.25) is 4.98 Å². The van der Waals surface area contributed by atoms with E-state index in [2.05, 4.69) is 15.1 Å². The Morgan fingerprint density at radius 3 is 2.86 bits per heavy atom. The van der Waals surface area contributed by atoms with E-state index in [-0.39, 0.29) is 5.89 Å². The molecule has 2 aromatic heterocycles. The zero-order valence-corrected chi connectivity index (χ0v) is 12.8. The van der Waals surface area contributed by atoms with Gasteiger partial charge in [0.2, 0.25) is 0 Å². The lowest BCUT2D eigenvalue weighted by Gasteiger charge is -2.16. The van der Waals surface area contributed by atoms with Gasteiger partial charge in [0.1, 0.15) is 5.60 Å². The van der Waals surface area contributed by atoms with Crippen LogP contribution in [0.1, 0.15) is 44.0 Å². The molecule has 2 heterocycles. The molecule has 5 nitrogen and oxygen atoms in total. The summed E-state index contributed by atoms with van der Waals surface area (Å²) in [5, 5.41) is 15.4. The third-order valence-electron chi connectivity index (χ3n) is 3.73. The predicted molar refractivity (Wildman–Crippen MR) is 83.3 cm³/mol. The van der Waals surface area contributed by atoms with E-state index in [9.17, 15) is 5.11 Å². The summed E-state index contributed by atoms with van der Waals surface area (Å²) in [5.41, 5.74) is 0.911. The van der Waals surface area contributed by atoms with Gasteiger partial charge in [0, 0.05) is 18.0 Å². The number of nitrogens with zero attached hydrogens (tertiary/aromatic N) is 3. The smallest absolute Gasteiger partial charge is 0.258 e. The molecule has 3 rings (SSSR count). The highest BCUT2D eigenvalue weighted by molar-refractivity contribution is 5.81. The minimum Gasteiger partial charge on any atom is -0.380 e. The second kappa shape index (κ2) is 5.85. The van der Waals surface area contributed by atoms with Crippen molar-refractivity contribution in [3.63, 3.8) is 0 Å². The van der Waals surface area contributed by atoms with Gasteiger partial charge in [-0.1, -0.05) is 42.8 Å². The molecule has 0 spiro atoms. The molecule has 0 aliphatic rings. The Bertz CT molecular complexity index is 775.